The molecule has 15 nitrogen and oxygen atoms in total. The summed E-state index contributed by atoms with van der Waals surface area (Å²) in [5.74, 6) is -0.176. The normalized spacial score (nSPS) is 23.5. The Kier molecular flexibility index (Phi) is 10.3. The number of ketones is 2. The van der Waals surface area contributed by atoms with Crippen LogP contribution in [0.2, 0.25) is 0 Å². The average molecular weight is 704 g/mol. The van der Waals surface area contributed by atoms with E-state index >= 15 is 0 Å². The SMILES string of the molecule is CCOC1C(=O)C(OC(=O)COC(=O)N2CCN(c3nc(N4CCCC4)nc(N4CCCC4)c3C(=O)c3ccccc3)CC2)C2CCCN2C1=O. The van der Waals surface area contributed by atoms with Gasteiger partial charge in [-0.25, -0.2) is 9.59 Å². The van der Waals surface area contributed by atoms with E-state index in [1.807, 2.05) is 23.1 Å². The summed E-state index contributed by atoms with van der Waals surface area (Å²) in [7, 11) is 0. The minimum absolute atomic E-state index is 0.144. The Morgan fingerprint density at radius 3 is 2.06 bits per heavy atom. The first-order valence-electron chi connectivity index (χ1n) is 18.2. The first-order valence-corrected chi connectivity index (χ1v) is 18.2. The van der Waals surface area contributed by atoms with Crippen LogP contribution in [0.4, 0.5) is 22.4 Å². The van der Waals surface area contributed by atoms with Crippen LogP contribution in [0.3, 0.4) is 0 Å². The highest BCUT2D eigenvalue weighted by Gasteiger charge is 2.52. The van der Waals surface area contributed by atoms with Gasteiger partial charge in [0, 0.05) is 71.1 Å². The van der Waals surface area contributed by atoms with Gasteiger partial charge in [0.1, 0.15) is 17.2 Å². The van der Waals surface area contributed by atoms with Crippen molar-refractivity contribution in [1.82, 2.24) is 19.8 Å². The van der Waals surface area contributed by atoms with Gasteiger partial charge in [-0.15, -0.1) is 0 Å². The molecule has 272 valence electrons. The number of carbonyl (C=O) groups excluding carboxylic acids is 5. The second kappa shape index (κ2) is 15.2. The number of rotatable bonds is 10. The Bertz CT molecular complexity index is 1640. The van der Waals surface area contributed by atoms with E-state index in [1.165, 1.54) is 4.90 Å². The molecule has 6 heterocycles. The van der Waals surface area contributed by atoms with Gasteiger partial charge in [0.15, 0.2) is 18.8 Å². The maximum atomic E-state index is 14.2. The number of esters is 1. The standard InChI is InChI=1S/C36H45N7O8/c1-2-49-31-29(46)30(25-13-10-18-43(25)34(31)47)51-26(44)23-50-36(48)42-21-19-40(20-22-42)33-27(28(45)24-11-4-3-5-12-24)32(39-14-6-7-15-39)37-35(38-33)41-16-8-9-17-41/h3-5,11-12,25,30-31H,2,6-10,13-23H2,1H3. The molecule has 5 fully saturated rings. The van der Waals surface area contributed by atoms with Crippen LogP contribution in [0, 0.1) is 0 Å². The highest BCUT2D eigenvalue weighted by atomic mass is 16.6. The van der Waals surface area contributed by atoms with Crippen LogP contribution in [-0.2, 0) is 28.6 Å². The fourth-order valence-electron chi connectivity index (χ4n) is 7.75. The monoisotopic (exact) mass is 703 g/mol. The van der Waals surface area contributed by atoms with E-state index < -0.39 is 48.6 Å². The lowest BCUT2D eigenvalue weighted by atomic mass is 9.95. The fraction of sp³-hybridized carbons (Fsp3) is 0.583. The van der Waals surface area contributed by atoms with Crippen LogP contribution in [-0.4, -0.2) is 140 Å². The number of fused-ring (bicyclic) bond motifs is 1. The molecule has 0 radical (unpaired) electrons. The van der Waals surface area contributed by atoms with E-state index in [-0.39, 0.29) is 25.5 Å². The zero-order chi connectivity index (χ0) is 35.5. The minimum atomic E-state index is -1.31. The molecule has 2 aromatic rings. The van der Waals surface area contributed by atoms with E-state index in [9.17, 15) is 24.0 Å². The summed E-state index contributed by atoms with van der Waals surface area (Å²) >= 11 is 0. The zero-order valence-corrected chi connectivity index (χ0v) is 29.0. The average Bonchev–Trinajstić information content (AvgIpc) is 3.98. The molecule has 0 saturated carbocycles. The molecule has 0 spiro atoms. The number of aromatic nitrogens is 2. The molecule has 1 aromatic carbocycles. The number of hydrogen-bond donors (Lipinski definition) is 0. The predicted molar refractivity (Wildman–Crippen MR) is 185 cm³/mol. The summed E-state index contributed by atoms with van der Waals surface area (Å²) in [5.41, 5.74) is 1.03. The molecule has 0 bridgehead atoms. The molecule has 5 saturated heterocycles. The maximum Gasteiger partial charge on any atom is 0.410 e. The van der Waals surface area contributed by atoms with Crippen molar-refractivity contribution < 1.29 is 38.2 Å². The quantitative estimate of drug-likeness (QED) is 0.202. The Hall–Kier alpha value is -4.79. The van der Waals surface area contributed by atoms with Crippen molar-refractivity contribution in [2.24, 2.45) is 0 Å². The lowest BCUT2D eigenvalue weighted by Gasteiger charge is -2.38. The molecule has 0 N–H and O–H groups in total. The van der Waals surface area contributed by atoms with Crippen LogP contribution < -0.4 is 14.7 Å². The Balaban J connectivity index is 1.03. The molecule has 2 amide bonds. The summed E-state index contributed by atoms with van der Waals surface area (Å²) in [6.45, 7) is 6.26. The Labute approximate surface area is 296 Å². The molecular weight excluding hydrogens is 658 g/mol. The highest BCUT2D eigenvalue weighted by molar-refractivity contribution is 6.15. The number of carbonyl (C=O) groups is 5. The summed E-state index contributed by atoms with van der Waals surface area (Å²) in [6, 6.07) is 8.62. The van der Waals surface area contributed by atoms with Gasteiger partial charge < -0.3 is 38.7 Å². The van der Waals surface area contributed by atoms with Gasteiger partial charge in [-0.3, -0.25) is 14.4 Å². The lowest BCUT2D eigenvalue weighted by molar-refractivity contribution is -0.178. The van der Waals surface area contributed by atoms with Gasteiger partial charge in [0.2, 0.25) is 17.5 Å². The van der Waals surface area contributed by atoms with Crippen molar-refractivity contribution in [3.63, 3.8) is 0 Å². The van der Waals surface area contributed by atoms with Gasteiger partial charge in [-0.1, -0.05) is 30.3 Å². The third-order valence-corrected chi connectivity index (χ3v) is 10.4. The Morgan fingerprint density at radius 1 is 0.784 bits per heavy atom. The summed E-state index contributed by atoms with van der Waals surface area (Å²) in [6.07, 6.45) is 2.20. The summed E-state index contributed by atoms with van der Waals surface area (Å²) in [5, 5.41) is 0. The number of hydrogen-bond acceptors (Lipinski definition) is 13. The first kappa shape index (κ1) is 34.6. The minimum Gasteiger partial charge on any atom is -0.449 e. The molecule has 7 rings (SSSR count). The van der Waals surface area contributed by atoms with Gasteiger partial charge in [0.05, 0.1) is 6.04 Å². The van der Waals surface area contributed by atoms with E-state index in [0.29, 0.717) is 61.2 Å². The molecule has 3 unspecified atom stereocenters. The van der Waals surface area contributed by atoms with Crippen molar-refractivity contribution in [2.45, 2.75) is 63.7 Å². The number of amides is 2. The summed E-state index contributed by atoms with van der Waals surface area (Å²) < 4.78 is 16.2. The molecule has 0 aliphatic carbocycles. The number of nitrogens with zero attached hydrogens (tertiary/aromatic N) is 7. The number of ether oxygens (including phenoxy) is 3. The zero-order valence-electron chi connectivity index (χ0n) is 29.0. The molecule has 51 heavy (non-hydrogen) atoms. The van der Waals surface area contributed by atoms with Gasteiger partial charge >= 0.3 is 12.1 Å². The van der Waals surface area contributed by atoms with Crippen molar-refractivity contribution in [1.29, 1.82) is 0 Å². The van der Waals surface area contributed by atoms with Crippen molar-refractivity contribution in [3.8, 4) is 0 Å². The number of Topliss-reactive ketones (excluding diaryl/α,β-unsaturated/α-hetero) is 1. The number of benzene rings is 1. The lowest BCUT2D eigenvalue weighted by Crippen LogP contribution is -2.62. The number of piperazine rings is 1. The van der Waals surface area contributed by atoms with E-state index in [1.54, 1.807) is 24.0 Å². The molecule has 1 aromatic heterocycles. The topological polar surface area (TPSA) is 155 Å². The van der Waals surface area contributed by atoms with Crippen molar-refractivity contribution in [3.05, 3.63) is 41.5 Å². The largest absolute Gasteiger partial charge is 0.449 e. The summed E-state index contributed by atoms with van der Waals surface area (Å²) in [4.78, 5) is 85.5. The third kappa shape index (κ3) is 7.08. The van der Waals surface area contributed by atoms with Crippen LogP contribution in [0.5, 0.6) is 0 Å². The van der Waals surface area contributed by atoms with E-state index in [0.717, 1.165) is 51.9 Å². The second-order valence-corrected chi connectivity index (χ2v) is 13.5. The van der Waals surface area contributed by atoms with Gasteiger partial charge in [-0.05, 0) is 45.4 Å². The Morgan fingerprint density at radius 2 is 1.41 bits per heavy atom. The van der Waals surface area contributed by atoms with E-state index in [4.69, 9.17) is 24.2 Å². The highest BCUT2D eigenvalue weighted by Crippen LogP contribution is 2.35. The predicted octanol–water partition coefficient (Wildman–Crippen LogP) is 2.06. The van der Waals surface area contributed by atoms with Crippen molar-refractivity contribution >= 4 is 47.1 Å². The van der Waals surface area contributed by atoms with Crippen molar-refractivity contribution in [2.75, 3.05) is 86.8 Å². The maximum absolute atomic E-state index is 14.2. The molecule has 5 aliphatic rings. The van der Waals surface area contributed by atoms with Crippen LogP contribution in [0.15, 0.2) is 30.3 Å². The second-order valence-electron chi connectivity index (χ2n) is 13.5. The first-order chi connectivity index (χ1) is 24.8. The van der Waals surface area contributed by atoms with Crippen LogP contribution >= 0.6 is 0 Å². The molecule has 5 aliphatic heterocycles. The van der Waals surface area contributed by atoms with Gasteiger partial charge in [0.25, 0.3) is 5.91 Å². The third-order valence-electron chi connectivity index (χ3n) is 10.4. The van der Waals surface area contributed by atoms with Crippen LogP contribution in [0.25, 0.3) is 0 Å². The molecule has 15 heteroatoms. The number of anilines is 3. The smallest absolute Gasteiger partial charge is 0.410 e. The number of piperidine rings is 1. The molecule has 3 atom stereocenters. The fourth-order valence-corrected chi connectivity index (χ4v) is 7.75. The van der Waals surface area contributed by atoms with E-state index in [2.05, 4.69) is 9.80 Å². The molecular formula is C36H45N7O8. The van der Waals surface area contributed by atoms with Crippen LogP contribution in [0.1, 0.15) is 61.4 Å². The van der Waals surface area contributed by atoms with Gasteiger partial charge in [-0.2, -0.15) is 9.97 Å².